The summed E-state index contributed by atoms with van der Waals surface area (Å²) in [6.45, 7) is 6.19. The summed E-state index contributed by atoms with van der Waals surface area (Å²) in [7, 11) is 3.95. The number of hydrogen-bond donors (Lipinski definition) is 1. The number of carbonyl (C=O) groups excluding carboxylic acids is 1. The zero-order valence-corrected chi connectivity index (χ0v) is 19.7. The van der Waals surface area contributed by atoms with Gasteiger partial charge in [-0.2, -0.15) is 0 Å². The first-order chi connectivity index (χ1) is 15.8. The first-order valence-corrected chi connectivity index (χ1v) is 11.1. The van der Waals surface area contributed by atoms with Crippen LogP contribution in [0.15, 0.2) is 42.7 Å². The third-order valence-corrected chi connectivity index (χ3v) is 5.75. The molecule has 0 spiro atoms. The molecule has 0 radical (unpaired) electrons. The molecular formula is C26H30N6O. The van der Waals surface area contributed by atoms with Gasteiger partial charge in [-0.05, 0) is 63.5 Å². The van der Waals surface area contributed by atoms with E-state index in [4.69, 9.17) is 10.7 Å². The molecule has 0 saturated carbocycles. The third-order valence-electron chi connectivity index (χ3n) is 5.75. The molecular weight excluding hydrogens is 412 g/mol. The molecule has 1 amide bonds. The second-order valence-corrected chi connectivity index (χ2v) is 8.91. The van der Waals surface area contributed by atoms with Gasteiger partial charge in [-0.25, -0.2) is 9.97 Å². The highest BCUT2D eigenvalue weighted by atomic mass is 16.2. The quantitative estimate of drug-likeness (QED) is 0.497. The highest BCUT2D eigenvalue weighted by Gasteiger charge is 2.30. The molecule has 7 heteroatoms. The molecule has 1 saturated heterocycles. The summed E-state index contributed by atoms with van der Waals surface area (Å²) in [6.07, 6.45) is 7.95. The van der Waals surface area contributed by atoms with Gasteiger partial charge >= 0.3 is 0 Å². The van der Waals surface area contributed by atoms with E-state index in [1.165, 1.54) is 11.1 Å². The minimum Gasteiger partial charge on any atom is -0.382 e. The number of carbonyl (C=O) groups is 1. The molecule has 1 aliphatic rings. The molecule has 0 bridgehead atoms. The van der Waals surface area contributed by atoms with Crippen molar-refractivity contribution in [2.45, 2.75) is 26.2 Å². The predicted molar refractivity (Wildman–Crippen MR) is 131 cm³/mol. The van der Waals surface area contributed by atoms with Crippen molar-refractivity contribution in [1.82, 2.24) is 24.2 Å². The molecule has 3 heterocycles. The lowest BCUT2D eigenvalue weighted by Crippen LogP contribution is -2.27. The zero-order chi connectivity index (χ0) is 23.5. The summed E-state index contributed by atoms with van der Waals surface area (Å²) in [4.78, 5) is 25.6. The molecule has 2 aromatic heterocycles. The number of hydrogen-bond acceptors (Lipinski definition) is 5. The molecule has 1 atom stereocenters. The number of benzene rings is 1. The Morgan fingerprint density at radius 3 is 2.73 bits per heavy atom. The Morgan fingerprint density at radius 2 is 2.00 bits per heavy atom. The largest absolute Gasteiger partial charge is 0.382 e. The van der Waals surface area contributed by atoms with Crippen molar-refractivity contribution < 1.29 is 4.79 Å². The number of imidazole rings is 1. The number of nitrogens with zero attached hydrogens (tertiary/aromatic N) is 5. The number of amides is 1. The Morgan fingerprint density at radius 1 is 1.24 bits per heavy atom. The van der Waals surface area contributed by atoms with Crippen molar-refractivity contribution in [3.8, 4) is 11.8 Å². The SMILES string of the molecule is Cc1cc(C)cc(C#Cc2nc(C3CCN(C(=O)/C=C/CN(C)C)C3)n3ccnc(N)c23)c1. The number of likely N-dealkylation sites (tertiary alicyclic amines) is 1. The van der Waals surface area contributed by atoms with E-state index in [9.17, 15) is 4.79 Å². The van der Waals surface area contributed by atoms with Crippen LogP contribution < -0.4 is 5.73 Å². The molecule has 3 aromatic rings. The Bertz CT molecular complexity index is 1260. The summed E-state index contributed by atoms with van der Waals surface area (Å²) < 4.78 is 1.98. The summed E-state index contributed by atoms with van der Waals surface area (Å²) in [5.74, 6) is 7.88. The molecule has 1 aromatic carbocycles. The number of likely N-dealkylation sites (N-methyl/N-ethyl adjacent to an activating group) is 1. The molecule has 4 rings (SSSR count). The van der Waals surface area contributed by atoms with E-state index >= 15 is 0 Å². The van der Waals surface area contributed by atoms with Crippen molar-refractivity contribution in [2.75, 3.05) is 39.5 Å². The van der Waals surface area contributed by atoms with E-state index in [0.717, 1.165) is 29.9 Å². The Hall–Kier alpha value is -3.63. The number of aromatic nitrogens is 3. The van der Waals surface area contributed by atoms with Crippen molar-refractivity contribution in [3.05, 3.63) is 71.0 Å². The van der Waals surface area contributed by atoms with E-state index < -0.39 is 0 Å². The van der Waals surface area contributed by atoms with E-state index in [1.807, 2.05) is 40.6 Å². The maximum atomic E-state index is 12.6. The van der Waals surface area contributed by atoms with Crippen molar-refractivity contribution in [3.63, 3.8) is 0 Å². The fourth-order valence-corrected chi connectivity index (χ4v) is 4.28. The van der Waals surface area contributed by atoms with Crippen molar-refractivity contribution >= 4 is 17.2 Å². The molecule has 0 aliphatic carbocycles. The molecule has 170 valence electrons. The van der Waals surface area contributed by atoms with Gasteiger partial charge < -0.3 is 15.5 Å². The summed E-state index contributed by atoms with van der Waals surface area (Å²) >= 11 is 0. The van der Waals surface area contributed by atoms with Crippen LogP contribution in [0.3, 0.4) is 0 Å². The van der Waals surface area contributed by atoms with Crippen molar-refractivity contribution in [1.29, 1.82) is 0 Å². The number of rotatable bonds is 4. The van der Waals surface area contributed by atoms with Gasteiger partial charge in [0.2, 0.25) is 5.91 Å². The van der Waals surface area contributed by atoms with E-state index in [2.05, 4.69) is 48.9 Å². The van der Waals surface area contributed by atoms with Crippen LogP contribution in [0.2, 0.25) is 0 Å². The highest BCUT2D eigenvalue weighted by molar-refractivity contribution is 5.87. The standard InChI is InChI=1S/C26H30N6O/c1-18-14-19(2)16-20(15-18)7-8-22-24-25(27)28-10-13-32(24)26(29-22)21-9-12-31(17-21)23(33)6-5-11-30(3)4/h5-6,10,13-16,21H,9,11-12,17H2,1-4H3,(H2,27,28)/b6-5+. The molecule has 1 fully saturated rings. The molecule has 33 heavy (non-hydrogen) atoms. The second-order valence-electron chi connectivity index (χ2n) is 8.91. The van der Waals surface area contributed by atoms with Gasteiger partial charge in [0.1, 0.15) is 17.0 Å². The van der Waals surface area contributed by atoms with E-state index in [0.29, 0.717) is 24.6 Å². The van der Waals surface area contributed by atoms with Gasteiger partial charge in [0, 0.05) is 49.6 Å². The van der Waals surface area contributed by atoms with Crippen LogP contribution in [-0.2, 0) is 4.79 Å². The van der Waals surface area contributed by atoms with Gasteiger partial charge in [0.25, 0.3) is 0 Å². The van der Waals surface area contributed by atoms with Gasteiger partial charge in [0.05, 0.1) is 0 Å². The number of anilines is 1. The predicted octanol–water partition coefficient (Wildman–Crippen LogP) is 2.76. The summed E-state index contributed by atoms with van der Waals surface area (Å²) in [5, 5.41) is 0. The first-order valence-electron chi connectivity index (χ1n) is 11.1. The van der Waals surface area contributed by atoms with Crippen LogP contribution in [0, 0.1) is 25.7 Å². The Balaban J connectivity index is 1.63. The fourth-order valence-electron chi connectivity index (χ4n) is 4.28. The first kappa shape index (κ1) is 22.6. The van der Waals surface area contributed by atoms with Crippen LogP contribution in [0.4, 0.5) is 5.82 Å². The summed E-state index contributed by atoms with van der Waals surface area (Å²) in [6, 6.07) is 6.25. The van der Waals surface area contributed by atoms with Gasteiger partial charge in [0.15, 0.2) is 5.82 Å². The number of nitrogen functional groups attached to an aromatic ring is 1. The van der Waals surface area contributed by atoms with E-state index in [1.54, 1.807) is 12.3 Å². The smallest absolute Gasteiger partial charge is 0.246 e. The van der Waals surface area contributed by atoms with Gasteiger partial charge in [-0.15, -0.1) is 0 Å². The molecule has 1 unspecified atom stereocenters. The minimum atomic E-state index is 0.0382. The third kappa shape index (κ3) is 5.07. The average Bonchev–Trinajstić information content (AvgIpc) is 3.37. The zero-order valence-electron chi connectivity index (χ0n) is 19.7. The second kappa shape index (κ2) is 9.47. The lowest BCUT2D eigenvalue weighted by atomic mass is 10.1. The van der Waals surface area contributed by atoms with E-state index in [-0.39, 0.29) is 11.8 Å². The van der Waals surface area contributed by atoms with Crippen LogP contribution in [-0.4, -0.2) is 63.8 Å². The number of aryl methyl sites for hydroxylation is 2. The molecule has 1 aliphatic heterocycles. The monoisotopic (exact) mass is 442 g/mol. The molecule has 7 nitrogen and oxygen atoms in total. The van der Waals surface area contributed by atoms with Gasteiger partial charge in [-0.1, -0.05) is 18.1 Å². The van der Waals surface area contributed by atoms with Crippen LogP contribution >= 0.6 is 0 Å². The highest BCUT2D eigenvalue weighted by Crippen LogP contribution is 2.29. The van der Waals surface area contributed by atoms with Gasteiger partial charge in [-0.3, -0.25) is 9.20 Å². The van der Waals surface area contributed by atoms with Crippen LogP contribution in [0.25, 0.3) is 5.52 Å². The Kier molecular flexibility index (Phi) is 6.47. The molecule has 2 N–H and O–H groups in total. The number of fused-ring (bicyclic) bond motifs is 1. The maximum Gasteiger partial charge on any atom is 0.246 e. The van der Waals surface area contributed by atoms with Crippen LogP contribution in [0.1, 0.15) is 40.5 Å². The van der Waals surface area contributed by atoms with Crippen molar-refractivity contribution in [2.24, 2.45) is 0 Å². The maximum absolute atomic E-state index is 12.6. The average molecular weight is 443 g/mol. The van der Waals surface area contributed by atoms with Crippen LogP contribution in [0.5, 0.6) is 0 Å². The number of nitrogens with two attached hydrogens (primary N) is 1. The normalized spacial score (nSPS) is 16.0. The lowest BCUT2D eigenvalue weighted by molar-refractivity contribution is -0.125. The fraction of sp³-hybridized carbons (Fsp3) is 0.346. The topological polar surface area (TPSA) is 79.8 Å². The minimum absolute atomic E-state index is 0.0382. The Labute approximate surface area is 194 Å². The lowest BCUT2D eigenvalue weighted by Gasteiger charge is -2.14. The summed E-state index contributed by atoms with van der Waals surface area (Å²) in [5.41, 5.74) is 10.9.